The molecule has 0 aliphatic heterocycles. The number of phenolic OH excluding ortho intramolecular Hbond substituents is 1. The largest absolute Gasteiger partial charge is 0.507 e. The van der Waals surface area contributed by atoms with Crippen molar-refractivity contribution in [3.05, 3.63) is 18.2 Å². The van der Waals surface area contributed by atoms with Crippen LogP contribution in [0.2, 0.25) is 0 Å². The summed E-state index contributed by atoms with van der Waals surface area (Å²) in [6.45, 7) is 0. The van der Waals surface area contributed by atoms with E-state index in [1.54, 1.807) is 23.7 Å². The fraction of sp³-hybridized carbons (Fsp3) is 0.250. The zero-order chi connectivity index (χ0) is 14.7. The predicted octanol–water partition coefficient (Wildman–Crippen LogP) is 1.37. The number of benzene rings is 1. The maximum atomic E-state index is 10.6. The molecule has 7 nitrogen and oxygen atoms in total. The molecule has 1 aromatic heterocycles. The first-order valence-electron chi connectivity index (χ1n) is 5.64. The van der Waals surface area contributed by atoms with Crippen LogP contribution in [0, 0.1) is 0 Å². The second-order valence-corrected chi connectivity index (χ2v) is 4.87. The molecule has 0 fully saturated rings. The molecule has 106 valence electrons. The van der Waals surface area contributed by atoms with Crippen LogP contribution >= 0.6 is 11.8 Å². The number of nitrogens with zero attached hydrogens (tertiary/aromatic N) is 3. The van der Waals surface area contributed by atoms with Gasteiger partial charge in [-0.15, -0.1) is 10.2 Å². The molecule has 0 aliphatic rings. The van der Waals surface area contributed by atoms with E-state index in [-0.39, 0.29) is 11.5 Å². The Morgan fingerprint density at radius 2 is 2.20 bits per heavy atom. The Morgan fingerprint density at radius 1 is 1.45 bits per heavy atom. The molecular weight excluding hydrogens is 282 g/mol. The molecule has 0 spiro atoms. The van der Waals surface area contributed by atoms with E-state index in [1.807, 2.05) is 0 Å². The highest BCUT2D eigenvalue weighted by molar-refractivity contribution is 7.99. The molecule has 2 rings (SSSR count). The third kappa shape index (κ3) is 2.85. The molecule has 0 aliphatic carbocycles. The first-order chi connectivity index (χ1) is 9.52. The quantitative estimate of drug-likeness (QED) is 0.804. The minimum Gasteiger partial charge on any atom is -0.507 e. The summed E-state index contributed by atoms with van der Waals surface area (Å²) < 4.78 is 6.73. The van der Waals surface area contributed by atoms with Gasteiger partial charge in [0.1, 0.15) is 11.5 Å². The molecule has 0 bridgehead atoms. The van der Waals surface area contributed by atoms with Crippen LogP contribution in [0.3, 0.4) is 0 Å². The number of rotatable bonds is 5. The first-order valence-corrected chi connectivity index (χ1v) is 6.63. The summed E-state index contributed by atoms with van der Waals surface area (Å²) in [7, 11) is 3.24. The minimum atomic E-state index is -0.927. The number of methoxy groups -OCH3 is 1. The lowest BCUT2D eigenvalue weighted by atomic mass is 10.2. The molecule has 2 N–H and O–H groups in total. The molecule has 0 saturated heterocycles. The van der Waals surface area contributed by atoms with Crippen LogP contribution in [0.4, 0.5) is 0 Å². The van der Waals surface area contributed by atoms with Crippen molar-refractivity contribution in [3.63, 3.8) is 0 Å². The molecule has 2 aromatic rings. The topological polar surface area (TPSA) is 97.5 Å². The van der Waals surface area contributed by atoms with Crippen LogP contribution in [0.5, 0.6) is 11.5 Å². The molecule has 0 unspecified atom stereocenters. The molecule has 8 heteroatoms. The summed E-state index contributed by atoms with van der Waals surface area (Å²) in [4.78, 5) is 10.6. The Morgan fingerprint density at radius 3 is 2.85 bits per heavy atom. The Bertz CT molecular complexity index is 642. The van der Waals surface area contributed by atoms with E-state index in [0.29, 0.717) is 22.3 Å². The van der Waals surface area contributed by atoms with Crippen LogP contribution in [0.15, 0.2) is 23.4 Å². The second kappa shape index (κ2) is 5.83. The maximum absolute atomic E-state index is 10.6. The number of thioether (sulfide) groups is 1. The van der Waals surface area contributed by atoms with Gasteiger partial charge < -0.3 is 19.5 Å². The van der Waals surface area contributed by atoms with Crippen molar-refractivity contribution in [3.8, 4) is 22.9 Å². The van der Waals surface area contributed by atoms with Crippen molar-refractivity contribution in [2.45, 2.75) is 5.16 Å². The molecule has 0 saturated carbocycles. The van der Waals surface area contributed by atoms with E-state index in [4.69, 9.17) is 9.84 Å². The standard InChI is InChI=1S/C12H13N3O4S/c1-15-11(13-14-12(15)20-6-10(17)18)8-5-7(19-2)3-4-9(8)16/h3-5,16H,6H2,1-2H3,(H,17,18). The van der Waals surface area contributed by atoms with Crippen LogP contribution in [0.1, 0.15) is 0 Å². The average Bonchev–Trinajstić information content (AvgIpc) is 2.78. The third-order valence-electron chi connectivity index (χ3n) is 2.60. The molecular formula is C12H13N3O4S. The molecule has 1 heterocycles. The monoisotopic (exact) mass is 295 g/mol. The van der Waals surface area contributed by atoms with Gasteiger partial charge in [-0.2, -0.15) is 0 Å². The number of carboxylic acid groups (broad SMARTS) is 1. The van der Waals surface area contributed by atoms with Crippen LogP contribution in [0.25, 0.3) is 11.4 Å². The molecule has 20 heavy (non-hydrogen) atoms. The lowest BCUT2D eigenvalue weighted by molar-refractivity contribution is -0.133. The van der Waals surface area contributed by atoms with Gasteiger partial charge in [-0.05, 0) is 18.2 Å². The average molecular weight is 295 g/mol. The summed E-state index contributed by atoms with van der Waals surface area (Å²) in [5.74, 6) is 0.0467. The van der Waals surface area contributed by atoms with Gasteiger partial charge in [0.2, 0.25) is 0 Å². The van der Waals surface area contributed by atoms with Gasteiger partial charge in [-0.3, -0.25) is 4.79 Å². The van der Waals surface area contributed by atoms with E-state index >= 15 is 0 Å². The van der Waals surface area contributed by atoms with Gasteiger partial charge in [-0.25, -0.2) is 0 Å². The van der Waals surface area contributed by atoms with Gasteiger partial charge in [0.25, 0.3) is 0 Å². The fourth-order valence-corrected chi connectivity index (χ4v) is 2.25. The van der Waals surface area contributed by atoms with Gasteiger partial charge in [0.05, 0.1) is 18.4 Å². The van der Waals surface area contributed by atoms with Crippen molar-refractivity contribution in [2.75, 3.05) is 12.9 Å². The molecule has 1 aromatic carbocycles. The Hall–Kier alpha value is -2.22. The highest BCUT2D eigenvalue weighted by Crippen LogP contribution is 2.32. The summed E-state index contributed by atoms with van der Waals surface area (Å²) in [6.07, 6.45) is 0. The van der Waals surface area contributed by atoms with E-state index in [1.165, 1.54) is 13.2 Å². The number of phenols is 1. The fourth-order valence-electron chi connectivity index (χ4n) is 1.62. The Labute approximate surface area is 119 Å². The number of carbonyl (C=O) groups is 1. The van der Waals surface area contributed by atoms with Crippen molar-refractivity contribution in [1.29, 1.82) is 0 Å². The number of carboxylic acids is 1. The van der Waals surface area contributed by atoms with Gasteiger partial charge in [0, 0.05) is 7.05 Å². The van der Waals surface area contributed by atoms with Crippen LogP contribution in [-0.2, 0) is 11.8 Å². The normalized spacial score (nSPS) is 10.5. The SMILES string of the molecule is COc1ccc(O)c(-c2nnc(SCC(=O)O)n2C)c1. The zero-order valence-corrected chi connectivity index (χ0v) is 11.7. The zero-order valence-electron chi connectivity index (χ0n) is 10.9. The molecule has 0 radical (unpaired) electrons. The minimum absolute atomic E-state index is 0.0519. The van der Waals surface area contributed by atoms with Crippen molar-refractivity contribution in [2.24, 2.45) is 7.05 Å². The van der Waals surface area contributed by atoms with Crippen molar-refractivity contribution >= 4 is 17.7 Å². The third-order valence-corrected chi connectivity index (χ3v) is 3.61. The number of hydrogen-bond acceptors (Lipinski definition) is 6. The number of hydrogen-bond donors (Lipinski definition) is 2. The Balaban J connectivity index is 2.36. The first kappa shape index (κ1) is 14.2. The maximum Gasteiger partial charge on any atom is 0.313 e. The van der Waals surface area contributed by atoms with Crippen LogP contribution < -0.4 is 4.74 Å². The number of aromatic hydroxyl groups is 1. The summed E-state index contributed by atoms with van der Waals surface area (Å²) in [5.41, 5.74) is 0.474. The predicted molar refractivity (Wildman–Crippen MR) is 73.0 cm³/mol. The van der Waals surface area contributed by atoms with Crippen molar-refractivity contribution < 1.29 is 19.7 Å². The number of aromatic nitrogens is 3. The number of ether oxygens (including phenoxy) is 1. The van der Waals surface area contributed by atoms with E-state index in [2.05, 4.69) is 10.2 Å². The van der Waals surface area contributed by atoms with E-state index < -0.39 is 5.97 Å². The van der Waals surface area contributed by atoms with Gasteiger partial charge in [0.15, 0.2) is 11.0 Å². The molecule has 0 amide bonds. The van der Waals surface area contributed by atoms with E-state index in [9.17, 15) is 9.90 Å². The lowest BCUT2D eigenvalue weighted by Crippen LogP contribution is -2.01. The Kier molecular flexibility index (Phi) is 4.14. The number of aliphatic carboxylic acids is 1. The molecule has 0 atom stereocenters. The summed E-state index contributed by atoms with van der Waals surface area (Å²) >= 11 is 1.06. The summed E-state index contributed by atoms with van der Waals surface area (Å²) in [5, 5.41) is 26.9. The summed E-state index contributed by atoms with van der Waals surface area (Å²) in [6, 6.07) is 4.78. The van der Waals surface area contributed by atoms with Crippen molar-refractivity contribution in [1.82, 2.24) is 14.8 Å². The lowest BCUT2D eigenvalue weighted by Gasteiger charge is -2.07. The van der Waals surface area contributed by atoms with Gasteiger partial charge >= 0.3 is 5.97 Å². The second-order valence-electron chi connectivity index (χ2n) is 3.93. The van der Waals surface area contributed by atoms with Crippen LogP contribution in [-0.4, -0.2) is 43.8 Å². The highest BCUT2D eigenvalue weighted by Gasteiger charge is 2.16. The van der Waals surface area contributed by atoms with Gasteiger partial charge in [-0.1, -0.05) is 11.8 Å². The van der Waals surface area contributed by atoms with E-state index in [0.717, 1.165) is 11.8 Å². The smallest absolute Gasteiger partial charge is 0.313 e. The highest BCUT2D eigenvalue weighted by atomic mass is 32.2.